The number of ether oxygens (including phenoxy) is 1. The summed E-state index contributed by atoms with van der Waals surface area (Å²) in [7, 11) is 1.64. The molecule has 0 radical (unpaired) electrons. The van der Waals surface area contributed by atoms with Crippen molar-refractivity contribution >= 4 is 61.6 Å². The molecule has 3 rings (SSSR count). The highest BCUT2D eigenvalue weighted by atomic mass is 32.2. The van der Waals surface area contributed by atoms with Gasteiger partial charge in [-0.15, -0.1) is 23.1 Å². The van der Waals surface area contributed by atoms with Crippen molar-refractivity contribution in [1.82, 2.24) is 9.55 Å². The summed E-state index contributed by atoms with van der Waals surface area (Å²) < 4.78 is 8.22. The third-order valence-electron chi connectivity index (χ3n) is 3.46. The minimum Gasteiger partial charge on any atom is -0.383 e. The van der Waals surface area contributed by atoms with Gasteiger partial charge in [0.25, 0.3) is 5.91 Å². The van der Waals surface area contributed by atoms with Gasteiger partial charge in [-0.3, -0.25) is 9.59 Å². The van der Waals surface area contributed by atoms with Gasteiger partial charge in [0, 0.05) is 25.2 Å². The molecule has 0 unspecified atom stereocenters. The fourth-order valence-corrected chi connectivity index (χ4v) is 4.53. The van der Waals surface area contributed by atoms with E-state index < -0.39 is 0 Å². The molecule has 0 saturated carbocycles. The molecule has 2 aromatic heterocycles. The molecule has 0 aliphatic heterocycles. The second-order valence-corrected chi connectivity index (χ2v) is 8.27. The lowest BCUT2D eigenvalue weighted by atomic mass is 10.3. The molecule has 2 amide bonds. The molecular weight excluding hydrogens is 404 g/mol. The molecule has 0 fully saturated rings. The Morgan fingerprint density at radius 3 is 2.96 bits per heavy atom. The van der Waals surface area contributed by atoms with Crippen LogP contribution in [0.1, 0.15) is 0 Å². The van der Waals surface area contributed by atoms with Crippen molar-refractivity contribution in [1.29, 1.82) is 0 Å². The van der Waals surface area contributed by atoms with Crippen LogP contribution in [0.3, 0.4) is 0 Å². The van der Waals surface area contributed by atoms with Crippen LogP contribution in [0.2, 0.25) is 0 Å². The first-order chi connectivity index (χ1) is 13.2. The van der Waals surface area contributed by atoms with E-state index in [1.54, 1.807) is 18.7 Å². The number of para-hydroxylation sites is 1. The molecule has 0 saturated heterocycles. The fourth-order valence-electron chi connectivity index (χ4n) is 2.32. The summed E-state index contributed by atoms with van der Waals surface area (Å²) in [5.41, 5.74) is 1.03. The molecule has 0 aliphatic rings. The first kappa shape index (κ1) is 19.7. The standard InChI is InChI=1S/C17H18N4O3S3/c1-24-8-7-21-12-4-2-3-5-13(12)27-17(21)20-15(23)11-25-10-14(22)19-16-18-6-9-26-16/h2-6,9H,7-8,10-11H2,1H3,(H,18,19,22). The van der Waals surface area contributed by atoms with Crippen LogP contribution in [-0.2, 0) is 20.9 Å². The Kier molecular flexibility index (Phi) is 7.16. The van der Waals surface area contributed by atoms with Gasteiger partial charge in [0.15, 0.2) is 9.93 Å². The number of amides is 2. The van der Waals surface area contributed by atoms with Crippen molar-refractivity contribution in [3.8, 4) is 0 Å². The molecule has 27 heavy (non-hydrogen) atoms. The number of anilines is 1. The van der Waals surface area contributed by atoms with E-state index in [0.717, 1.165) is 10.2 Å². The summed E-state index contributed by atoms with van der Waals surface area (Å²) >= 11 is 4.06. The van der Waals surface area contributed by atoms with Gasteiger partial charge in [-0.05, 0) is 12.1 Å². The highest BCUT2D eigenvalue weighted by Crippen LogP contribution is 2.16. The van der Waals surface area contributed by atoms with Crippen LogP contribution in [0.4, 0.5) is 5.13 Å². The predicted molar refractivity (Wildman–Crippen MR) is 110 cm³/mol. The van der Waals surface area contributed by atoms with E-state index in [1.165, 1.54) is 34.4 Å². The summed E-state index contributed by atoms with van der Waals surface area (Å²) in [6, 6.07) is 7.93. The largest absolute Gasteiger partial charge is 0.383 e. The normalized spacial score (nSPS) is 11.8. The van der Waals surface area contributed by atoms with Crippen molar-refractivity contribution in [3.05, 3.63) is 40.6 Å². The number of methoxy groups -OCH3 is 1. The van der Waals surface area contributed by atoms with Gasteiger partial charge in [0.1, 0.15) is 0 Å². The maximum atomic E-state index is 12.2. The topological polar surface area (TPSA) is 85.6 Å². The van der Waals surface area contributed by atoms with E-state index in [9.17, 15) is 9.59 Å². The average molecular weight is 423 g/mol. The highest BCUT2D eigenvalue weighted by molar-refractivity contribution is 8.00. The molecule has 0 spiro atoms. The smallest absolute Gasteiger partial charge is 0.258 e. The number of thiazole rings is 2. The molecule has 10 heteroatoms. The maximum Gasteiger partial charge on any atom is 0.258 e. The van der Waals surface area contributed by atoms with Crippen LogP contribution < -0.4 is 10.1 Å². The number of carbonyl (C=O) groups excluding carboxylic acids is 2. The number of rotatable bonds is 8. The van der Waals surface area contributed by atoms with Gasteiger partial charge < -0.3 is 14.6 Å². The SMILES string of the molecule is COCCn1c(=NC(=O)CSCC(=O)Nc2nccs2)sc2ccccc21. The predicted octanol–water partition coefficient (Wildman–Crippen LogP) is 2.60. The number of hydrogen-bond donors (Lipinski definition) is 1. The van der Waals surface area contributed by atoms with Crippen LogP contribution in [-0.4, -0.2) is 46.6 Å². The van der Waals surface area contributed by atoms with Gasteiger partial charge in [-0.2, -0.15) is 4.99 Å². The van der Waals surface area contributed by atoms with E-state index in [1.807, 2.05) is 28.8 Å². The third-order valence-corrected chi connectivity index (χ3v) is 6.13. The van der Waals surface area contributed by atoms with Gasteiger partial charge >= 0.3 is 0 Å². The highest BCUT2D eigenvalue weighted by Gasteiger charge is 2.09. The summed E-state index contributed by atoms with van der Waals surface area (Å²) in [5.74, 6) is -0.125. The Morgan fingerprint density at radius 2 is 2.19 bits per heavy atom. The van der Waals surface area contributed by atoms with Gasteiger partial charge in [-0.25, -0.2) is 4.98 Å². The monoisotopic (exact) mass is 422 g/mol. The zero-order valence-corrected chi connectivity index (χ0v) is 17.0. The van der Waals surface area contributed by atoms with Crippen molar-refractivity contribution < 1.29 is 14.3 Å². The van der Waals surface area contributed by atoms with E-state index in [4.69, 9.17) is 4.74 Å². The second kappa shape index (κ2) is 9.79. The van der Waals surface area contributed by atoms with Crippen molar-refractivity contribution in [2.24, 2.45) is 4.99 Å². The zero-order chi connectivity index (χ0) is 19.1. The molecule has 1 aromatic carbocycles. The Bertz CT molecular complexity index is 979. The van der Waals surface area contributed by atoms with Crippen LogP contribution in [0, 0.1) is 0 Å². The lowest BCUT2D eigenvalue weighted by Crippen LogP contribution is -2.20. The minimum absolute atomic E-state index is 0.143. The van der Waals surface area contributed by atoms with Crippen LogP contribution >= 0.6 is 34.4 Å². The molecule has 142 valence electrons. The number of nitrogens with one attached hydrogen (secondary N) is 1. The first-order valence-electron chi connectivity index (χ1n) is 8.09. The van der Waals surface area contributed by atoms with Gasteiger partial charge in [0.05, 0.1) is 28.3 Å². The molecule has 0 bridgehead atoms. The van der Waals surface area contributed by atoms with E-state index in [0.29, 0.717) is 23.1 Å². The van der Waals surface area contributed by atoms with E-state index in [-0.39, 0.29) is 23.3 Å². The van der Waals surface area contributed by atoms with Crippen molar-refractivity contribution in [3.63, 3.8) is 0 Å². The minimum atomic E-state index is -0.264. The number of nitrogens with zero attached hydrogens (tertiary/aromatic N) is 3. The summed E-state index contributed by atoms with van der Waals surface area (Å²) in [6.45, 7) is 1.16. The number of fused-ring (bicyclic) bond motifs is 1. The Hall–Kier alpha value is -2.01. The second-order valence-electron chi connectivity index (χ2n) is 5.38. The van der Waals surface area contributed by atoms with Crippen molar-refractivity contribution in [2.75, 3.05) is 30.5 Å². The summed E-state index contributed by atoms with van der Waals surface area (Å²) in [6.07, 6.45) is 1.62. The number of benzene rings is 1. The Morgan fingerprint density at radius 1 is 1.33 bits per heavy atom. The molecule has 1 N–H and O–H groups in total. The fraction of sp³-hybridized carbons (Fsp3) is 0.294. The number of thioether (sulfide) groups is 1. The summed E-state index contributed by atoms with van der Waals surface area (Å²) in [4.78, 5) is 32.9. The third kappa shape index (κ3) is 5.48. The molecule has 0 aliphatic carbocycles. The van der Waals surface area contributed by atoms with Crippen LogP contribution in [0.25, 0.3) is 10.2 Å². The quantitative estimate of drug-likeness (QED) is 0.603. The zero-order valence-electron chi connectivity index (χ0n) is 14.6. The van der Waals surface area contributed by atoms with E-state index in [2.05, 4.69) is 15.3 Å². The van der Waals surface area contributed by atoms with E-state index >= 15 is 0 Å². The lowest BCUT2D eigenvalue weighted by Gasteiger charge is -2.04. The number of hydrogen-bond acceptors (Lipinski definition) is 7. The molecule has 2 heterocycles. The molecule has 3 aromatic rings. The van der Waals surface area contributed by atoms with Gasteiger partial charge in [0.2, 0.25) is 5.91 Å². The van der Waals surface area contributed by atoms with Crippen LogP contribution in [0.5, 0.6) is 0 Å². The van der Waals surface area contributed by atoms with Gasteiger partial charge in [-0.1, -0.05) is 23.5 Å². The summed E-state index contributed by atoms with van der Waals surface area (Å²) in [5, 5.41) is 5.03. The number of aromatic nitrogens is 2. The molecule has 7 nitrogen and oxygen atoms in total. The van der Waals surface area contributed by atoms with Crippen molar-refractivity contribution in [2.45, 2.75) is 6.54 Å². The maximum absolute atomic E-state index is 12.2. The first-order valence-corrected chi connectivity index (χ1v) is 10.9. The Balaban J connectivity index is 1.63. The molecular formula is C17H18N4O3S3. The number of carbonyl (C=O) groups is 2. The lowest BCUT2D eigenvalue weighted by molar-refractivity contribution is -0.115. The Labute approximate surface area is 168 Å². The molecule has 0 atom stereocenters. The average Bonchev–Trinajstić information content (AvgIpc) is 3.27. The van der Waals surface area contributed by atoms with Crippen LogP contribution in [0.15, 0.2) is 40.8 Å².